The molecule has 0 bridgehead atoms. The number of amides is 3. The Balaban J connectivity index is 1.39. The van der Waals surface area contributed by atoms with E-state index in [1.807, 2.05) is 26.0 Å². The van der Waals surface area contributed by atoms with E-state index in [9.17, 15) is 14.4 Å². The lowest BCUT2D eigenvalue weighted by Crippen LogP contribution is -2.28. The zero-order chi connectivity index (χ0) is 25.1. The number of carbonyl (C=O) groups excluding carboxylic acids is 3. The minimum absolute atomic E-state index is 0.0943. The SMILES string of the molecule is COc1ccc(N2C[C@H](C(=O)Nc3ccc(C(=O)Nn4c(C)ccc4C)cc3)CC2=O)c(OC)c1. The van der Waals surface area contributed by atoms with Crippen LogP contribution in [0.4, 0.5) is 11.4 Å². The summed E-state index contributed by atoms with van der Waals surface area (Å²) in [4.78, 5) is 39.7. The van der Waals surface area contributed by atoms with Gasteiger partial charge in [0.1, 0.15) is 11.5 Å². The average molecular weight is 477 g/mol. The molecule has 4 rings (SSSR count). The third-order valence-corrected chi connectivity index (χ3v) is 6.07. The maximum absolute atomic E-state index is 12.9. The number of hydrogen-bond acceptors (Lipinski definition) is 5. The summed E-state index contributed by atoms with van der Waals surface area (Å²) in [6, 6.07) is 15.7. The highest BCUT2D eigenvalue weighted by Gasteiger charge is 2.36. The van der Waals surface area contributed by atoms with E-state index in [2.05, 4.69) is 10.7 Å². The molecule has 9 nitrogen and oxygen atoms in total. The molecular formula is C26H28N4O5. The number of carbonyl (C=O) groups is 3. The average Bonchev–Trinajstić information content (AvgIpc) is 3.41. The number of ether oxygens (including phenoxy) is 2. The van der Waals surface area contributed by atoms with E-state index in [-0.39, 0.29) is 30.7 Å². The lowest BCUT2D eigenvalue weighted by atomic mass is 10.1. The van der Waals surface area contributed by atoms with Crippen molar-refractivity contribution in [1.29, 1.82) is 0 Å². The van der Waals surface area contributed by atoms with Crippen LogP contribution in [0.5, 0.6) is 11.5 Å². The molecule has 3 amide bonds. The number of anilines is 2. The second kappa shape index (κ2) is 9.92. The van der Waals surface area contributed by atoms with Crippen molar-refractivity contribution in [3.63, 3.8) is 0 Å². The first-order chi connectivity index (χ1) is 16.8. The van der Waals surface area contributed by atoms with E-state index in [0.29, 0.717) is 28.4 Å². The molecule has 9 heteroatoms. The molecule has 2 heterocycles. The van der Waals surface area contributed by atoms with Gasteiger partial charge in [0.15, 0.2) is 0 Å². The van der Waals surface area contributed by atoms with Crippen molar-refractivity contribution in [2.75, 3.05) is 36.4 Å². The first-order valence-corrected chi connectivity index (χ1v) is 11.2. The van der Waals surface area contributed by atoms with Crippen LogP contribution in [0, 0.1) is 19.8 Å². The predicted molar refractivity (Wildman–Crippen MR) is 133 cm³/mol. The fourth-order valence-corrected chi connectivity index (χ4v) is 4.08. The normalized spacial score (nSPS) is 15.1. The molecule has 2 N–H and O–H groups in total. The van der Waals surface area contributed by atoms with Crippen LogP contribution in [0.15, 0.2) is 54.6 Å². The molecule has 1 atom stereocenters. The summed E-state index contributed by atoms with van der Waals surface area (Å²) in [5.41, 5.74) is 6.30. The Kier molecular flexibility index (Phi) is 6.77. The highest BCUT2D eigenvalue weighted by molar-refractivity contribution is 6.04. The van der Waals surface area contributed by atoms with Gasteiger partial charge in [0, 0.05) is 41.7 Å². The number of nitrogens with zero attached hydrogens (tertiary/aromatic N) is 2. The smallest absolute Gasteiger partial charge is 0.270 e. The van der Waals surface area contributed by atoms with E-state index >= 15 is 0 Å². The fraction of sp³-hybridized carbons (Fsp3) is 0.269. The molecule has 2 aromatic carbocycles. The van der Waals surface area contributed by atoms with Gasteiger partial charge in [-0.1, -0.05) is 0 Å². The van der Waals surface area contributed by atoms with Gasteiger partial charge >= 0.3 is 0 Å². The second-order valence-electron chi connectivity index (χ2n) is 8.40. The molecule has 1 aromatic heterocycles. The van der Waals surface area contributed by atoms with Gasteiger partial charge in [-0.05, 0) is 62.4 Å². The Bertz CT molecular complexity index is 1250. The topological polar surface area (TPSA) is 102 Å². The Labute approximate surface area is 203 Å². The van der Waals surface area contributed by atoms with Crippen LogP contribution in [0.3, 0.4) is 0 Å². The van der Waals surface area contributed by atoms with E-state index in [4.69, 9.17) is 9.47 Å². The summed E-state index contributed by atoms with van der Waals surface area (Å²) in [7, 11) is 3.08. The van der Waals surface area contributed by atoms with Gasteiger partial charge in [-0.15, -0.1) is 0 Å². The molecule has 1 fully saturated rings. The van der Waals surface area contributed by atoms with Gasteiger partial charge < -0.3 is 19.7 Å². The first-order valence-electron chi connectivity index (χ1n) is 11.2. The quantitative estimate of drug-likeness (QED) is 0.544. The molecule has 0 saturated carbocycles. The van der Waals surface area contributed by atoms with E-state index < -0.39 is 5.92 Å². The van der Waals surface area contributed by atoms with Crippen LogP contribution in [0.25, 0.3) is 0 Å². The molecule has 1 aliphatic heterocycles. The molecule has 3 aromatic rings. The predicted octanol–water partition coefficient (Wildman–Crippen LogP) is 3.50. The van der Waals surface area contributed by atoms with E-state index in [0.717, 1.165) is 11.4 Å². The number of methoxy groups -OCH3 is 2. The summed E-state index contributed by atoms with van der Waals surface area (Å²) in [6.07, 6.45) is 0.0943. The fourth-order valence-electron chi connectivity index (χ4n) is 4.08. The Morgan fingerprint density at radius 3 is 2.26 bits per heavy atom. The maximum atomic E-state index is 12.9. The highest BCUT2D eigenvalue weighted by atomic mass is 16.5. The van der Waals surface area contributed by atoms with Crippen LogP contribution >= 0.6 is 0 Å². The summed E-state index contributed by atoms with van der Waals surface area (Å²) >= 11 is 0. The molecule has 0 spiro atoms. The molecule has 0 radical (unpaired) electrons. The van der Waals surface area contributed by atoms with Crippen molar-refractivity contribution in [2.24, 2.45) is 5.92 Å². The number of nitrogens with one attached hydrogen (secondary N) is 2. The van der Waals surface area contributed by atoms with Crippen LogP contribution in [0.1, 0.15) is 28.2 Å². The van der Waals surface area contributed by atoms with Crippen LogP contribution < -0.4 is 25.1 Å². The lowest BCUT2D eigenvalue weighted by molar-refractivity contribution is -0.122. The molecule has 1 saturated heterocycles. The lowest BCUT2D eigenvalue weighted by Gasteiger charge is -2.20. The molecule has 182 valence electrons. The van der Waals surface area contributed by atoms with Crippen LogP contribution in [0.2, 0.25) is 0 Å². The molecular weight excluding hydrogens is 448 g/mol. The number of aromatic nitrogens is 1. The van der Waals surface area contributed by atoms with Crippen molar-refractivity contribution in [3.8, 4) is 11.5 Å². The minimum atomic E-state index is -0.517. The first kappa shape index (κ1) is 23.9. The zero-order valence-corrected chi connectivity index (χ0v) is 20.1. The van der Waals surface area contributed by atoms with Crippen molar-refractivity contribution >= 4 is 29.1 Å². The Morgan fingerprint density at radius 2 is 1.63 bits per heavy atom. The van der Waals surface area contributed by atoms with Crippen molar-refractivity contribution < 1.29 is 23.9 Å². The Morgan fingerprint density at radius 1 is 0.943 bits per heavy atom. The van der Waals surface area contributed by atoms with Crippen LogP contribution in [-0.2, 0) is 9.59 Å². The van der Waals surface area contributed by atoms with E-state index in [1.54, 1.807) is 59.2 Å². The van der Waals surface area contributed by atoms with Gasteiger partial charge in [0.05, 0.1) is 25.8 Å². The number of aryl methyl sites for hydroxylation is 2. The van der Waals surface area contributed by atoms with Crippen LogP contribution in [-0.4, -0.2) is 43.2 Å². The number of benzene rings is 2. The second-order valence-corrected chi connectivity index (χ2v) is 8.40. The molecule has 35 heavy (non-hydrogen) atoms. The largest absolute Gasteiger partial charge is 0.497 e. The standard InChI is InChI=1S/C26H28N4O5/c1-16-5-6-17(2)30(16)28-26(33)18-7-9-20(10-8-18)27-25(32)19-13-24(31)29(15-19)22-12-11-21(34-3)14-23(22)35-4/h5-12,14,19H,13,15H2,1-4H3,(H,27,32)(H,28,33)/t19-/m1/s1. The Hall–Kier alpha value is -4.27. The summed E-state index contributed by atoms with van der Waals surface area (Å²) < 4.78 is 12.3. The van der Waals surface area contributed by atoms with Gasteiger partial charge in [0.25, 0.3) is 5.91 Å². The number of rotatable bonds is 7. The van der Waals surface area contributed by atoms with Gasteiger partial charge in [-0.2, -0.15) is 0 Å². The zero-order valence-electron chi connectivity index (χ0n) is 20.1. The molecule has 0 aliphatic carbocycles. The maximum Gasteiger partial charge on any atom is 0.270 e. The monoisotopic (exact) mass is 476 g/mol. The number of hydrogen-bond donors (Lipinski definition) is 2. The summed E-state index contributed by atoms with van der Waals surface area (Å²) in [5, 5.41) is 2.85. The van der Waals surface area contributed by atoms with Crippen molar-refractivity contribution in [1.82, 2.24) is 4.68 Å². The van der Waals surface area contributed by atoms with E-state index in [1.165, 1.54) is 7.11 Å². The van der Waals surface area contributed by atoms with Crippen molar-refractivity contribution in [2.45, 2.75) is 20.3 Å². The summed E-state index contributed by atoms with van der Waals surface area (Å²) in [6.45, 7) is 4.06. The third-order valence-electron chi connectivity index (χ3n) is 6.07. The van der Waals surface area contributed by atoms with Gasteiger partial charge in [-0.25, -0.2) is 0 Å². The highest BCUT2D eigenvalue weighted by Crippen LogP contribution is 2.36. The molecule has 1 aliphatic rings. The molecule has 0 unspecified atom stereocenters. The third kappa shape index (κ3) is 4.98. The van der Waals surface area contributed by atoms with Crippen molar-refractivity contribution in [3.05, 3.63) is 71.5 Å². The van der Waals surface area contributed by atoms with Gasteiger partial charge in [-0.3, -0.25) is 24.5 Å². The van der Waals surface area contributed by atoms with Gasteiger partial charge in [0.2, 0.25) is 11.8 Å². The summed E-state index contributed by atoms with van der Waals surface area (Å²) in [5.74, 6) is -0.0757. The minimum Gasteiger partial charge on any atom is -0.497 e.